The Bertz CT molecular complexity index is 498. The largest absolute Gasteiger partial charge is 0.465 e. The van der Waals surface area contributed by atoms with E-state index in [0.29, 0.717) is 12.2 Å². The molecule has 1 fully saturated rings. The van der Waals surface area contributed by atoms with Gasteiger partial charge in [-0.15, -0.1) is 0 Å². The van der Waals surface area contributed by atoms with Crippen LogP contribution >= 0.6 is 0 Å². The molecule has 1 aromatic rings. The lowest BCUT2D eigenvalue weighted by atomic mass is 9.82. The molecule has 20 heavy (non-hydrogen) atoms. The van der Waals surface area contributed by atoms with Gasteiger partial charge in [-0.05, 0) is 17.9 Å². The molecule has 0 aromatic carbocycles. The van der Waals surface area contributed by atoms with Crippen molar-refractivity contribution in [2.75, 3.05) is 17.6 Å². The zero-order valence-corrected chi connectivity index (χ0v) is 12.1. The molecular formula is C14H22N4O2. The smallest absolute Gasteiger partial charge is 0.407 e. The van der Waals surface area contributed by atoms with Gasteiger partial charge in [-0.1, -0.05) is 20.8 Å². The molecule has 1 aliphatic rings. The maximum Gasteiger partial charge on any atom is 0.407 e. The predicted octanol–water partition coefficient (Wildman–Crippen LogP) is 2.24. The van der Waals surface area contributed by atoms with Crippen molar-refractivity contribution in [2.45, 2.75) is 39.3 Å². The zero-order chi connectivity index (χ0) is 14.9. The van der Waals surface area contributed by atoms with Crippen molar-refractivity contribution in [3.05, 3.63) is 18.5 Å². The molecule has 1 saturated heterocycles. The summed E-state index contributed by atoms with van der Waals surface area (Å²) in [5.74, 6) is 0. The average Bonchev–Trinajstić information content (AvgIpc) is 2.76. The summed E-state index contributed by atoms with van der Waals surface area (Å²) in [5, 5.41) is 12.7. The summed E-state index contributed by atoms with van der Waals surface area (Å²) in [6.45, 7) is 6.72. The van der Waals surface area contributed by atoms with Gasteiger partial charge in [0.25, 0.3) is 0 Å². The number of aromatic nitrogens is 1. The van der Waals surface area contributed by atoms with E-state index in [1.807, 2.05) is 6.07 Å². The third-order valence-electron chi connectivity index (χ3n) is 3.72. The number of nitrogens with zero attached hydrogens (tertiary/aromatic N) is 2. The van der Waals surface area contributed by atoms with E-state index in [-0.39, 0.29) is 17.5 Å². The standard InChI is InChI=1S/C14H22N4O2/c1-14(2,3)12-11(5-7-18(12)13(19)20)17-10-4-6-16-8-9(10)15/h4,6,8,11-12H,5,7,15H2,1-3H3,(H,16,17)(H,19,20)/t11?,12-/m0/s1. The van der Waals surface area contributed by atoms with Crippen molar-refractivity contribution in [3.63, 3.8) is 0 Å². The molecule has 1 unspecified atom stereocenters. The first-order valence-electron chi connectivity index (χ1n) is 6.76. The van der Waals surface area contributed by atoms with Gasteiger partial charge >= 0.3 is 6.09 Å². The van der Waals surface area contributed by atoms with Crippen LogP contribution in [0.5, 0.6) is 0 Å². The normalized spacial score (nSPS) is 22.9. The highest BCUT2D eigenvalue weighted by molar-refractivity contribution is 5.68. The van der Waals surface area contributed by atoms with Gasteiger partial charge in [0.15, 0.2) is 0 Å². The van der Waals surface area contributed by atoms with E-state index in [1.54, 1.807) is 12.4 Å². The van der Waals surface area contributed by atoms with Crippen LogP contribution in [0.3, 0.4) is 0 Å². The van der Waals surface area contributed by atoms with E-state index in [1.165, 1.54) is 4.90 Å². The molecule has 2 rings (SSSR count). The van der Waals surface area contributed by atoms with E-state index in [4.69, 9.17) is 5.73 Å². The van der Waals surface area contributed by atoms with Crippen LogP contribution in [0.15, 0.2) is 18.5 Å². The number of anilines is 2. The summed E-state index contributed by atoms with van der Waals surface area (Å²) >= 11 is 0. The Kier molecular flexibility index (Phi) is 3.74. The van der Waals surface area contributed by atoms with Gasteiger partial charge in [0.05, 0.1) is 23.6 Å². The van der Waals surface area contributed by atoms with Gasteiger partial charge in [-0.25, -0.2) is 4.79 Å². The predicted molar refractivity (Wildman–Crippen MR) is 78.7 cm³/mol. The SMILES string of the molecule is CC(C)(C)[C@@H]1C(Nc2ccncc2N)CCN1C(=O)O. The van der Waals surface area contributed by atoms with E-state index in [0.717, 1.165) is 12.1 Å². The fourth-order valence-corrected chi connectivity index (χ4v) is 2.97. The second-order valence-corrected chi connectivity index (χ2v) is 6.29. The number of rotatable bonds is 2. The molecule has 0 spiro atoms. The topological polar surface area (TPSA) is 91.5 Å². The number of nitrogen functional groups attached to an aromatic ring is 1. The van der Waals surface area contributed by atoms with Crippen molar-refractivity contribution >= 4 is 17.5 Å². The summed E-state index contributed by atoms with van der Waals surface area (Å²) in [7, 11) is 0. The lowest BCUT2D eigenvalue weighted by Gasteiger charge is -2.37. The van der Waals surface area contributed by atoms with Crippen LogP contribution in [-0.2, 0) is 0 Å². The van der Waals surface area contributed by atoms with E-state index in [9.17, 15) is 9.90 Å². The molecule has 0 radical (unpaired) electrons. The lowest BCUT2D eigenvalue weighted by molar-refractivity contribution is 0.104. The Hall–Kier alpha value is -1.98. The number of carboxylic acid groups (broad SMARTS) is 1. The molecule has 6 heteroatoms. The first kappa shape index (κ1) is 14.4. The van der Waals surface area contributed by atoms with Crippen LogP contribution in [0.25, 0.3) is 0 Å². The molecule has 2 heterocycles. The highest BCUT2D eigenvalue weighted by Gasteiger charge is 2.44. The maximum absolute atomic E-state index is 11.4. The molecule has 0 aliphatic carbocycles. The van der Waals surface area contributed by atoms with Crippen LogP contribution in [0.1, 0.15) is 27.2 Å². The molecule has 2 atom stereocenters. The first-order chi connectivity index (χ1) is 9.30. The highest BCUT2D eigenvalue weighted by atomic mass is 16.4. The Balaban J connectivity index is 2.23. The number of nitrogens with two attached hydrogens (primary N) is 1. The number of likely N-dealkylation sites (tertiary alicyclic amines) is 1. The van der Waals surface area contributed by atoms with Gasteiger partial charge in [0.1, 0.15) is 0 Å². The van der Waals surface area contributed by atoms with Crippen molar-refractivity contribution in [2.24, 2.45) is 5.41 Å². The summed E-state index contributed by atoms with van der Waals surface area (Å²) in [5.41, 5.74) is 7.14. The second kappa shape index (κ2) is 5.19. The first-order valence-corrected chi connectivity index (χ1v) is 6.76. The highest BCUT2D eigenvalue weighted by Crippen LogP contribution is 2.35. The van der Waals surface area contributed by atoms with Crippen LogP contribution in [0, 0.1) is 5.41 Å². The van der Waals surface area contributed by atoms with Crippen molar-refractivity contribution < 1.29 is 9.90 Å². The van der Waals surface area contributed by atoms with Crippen molar-refractivity contribution in [1.82, 2.24) is 9.88 Å². The number of pyridine rings is 1. The molecule has 0 bridgehead atoms. The number of hydrogen-bond acceptors (Lipinski definition) is 4. The average molecular weight is 278 g/mol. The van der Waals surface area contributed by atoms with Gasteiger partial charge in [-0.3, -0.25) is 4.98 Å². The Morgan fingerprint density at radius 2 is 2.25 bits per heavy atom. The van der Waals surface area contributed by atoms with Crippen molar-refractivity contribution in [3.8, 4) is 0 Å². The quantitative estimate of drug-likeness (QED) is 0.771. The zero-order valence-electron chi connectivity index (χ0n) is 12.1. The van der Waals surface area contributed by atoms with Gasteiger partial charge in [0, 0.05) is 18.8 Å². The molecule has 4 N–H and O–H groups in total. The summed E-state index contributed by atoms with van der Waals surface area (Å²) in [6.07, 6.45) is 3.18. The van der Waals surface area contributed by atoms with E-state index in [2.05, 4.69) is 31.1 Å². The van der Waals surface area contributed by atoms with Crippen LogP contribution < -0.4 is 11.1 Å². The molecule has 0 saturated carbocycles. The second-order valence-electron chi connectivity index (χ2n) is 6.29. The Morgan fingerprint density at radius 1 is 1.55 bits per heavy atom. The number of amides is 1. The fourth-order valence-electron chi connectivity index (χ4n) is 2.97. The summed E-state index contributed by atoms with van der Waals surface area (Å²) < 4.78 is 0. The van der Waals surface area contributed by atoms with Crippen molar-refractivity contribution in [1.29, 1.82) is 0 Å². The monoisotopic (exact) mass is 278 g/mol. The molecule has 1 amide bonds. The molecule has 6 nitrogen and oxygen atoms in total. The molecule has 110 valence electrons. The minimum Gasteiger partial charge on any atom is -0.465 e. The number of hydrogen-bond donors (Lipinski definition) is 3. The summed E-state index contributed by atoms with van der Waals surface area (Å²) in [6, 6.07) is 1.78. The molecule has 1 aliphatic heterocycles. The third kappa shape index (κ3) is 2.79. The summed E-state index contributed by atoms with van der Waals surface area (Å²) in [4.78, 5) is 16.9. The van der Waals surface area contributed by atoms with Crippen LogP contribution in [-0.4, -0.2) is 39.7 Å². The van der Waals surface area contributed by atoms with Crippen LogP contribution in [0.2, 0.25) is 0 Å². The minimum absolute atomic E-state index is 0.0517. The van der Waals surface area contributed by atoms with Gasteiger partial charge in [0.2, 0.25) is 0 Å². The number of carbonyl (C=O) groups is 1. The molecule has 1 aromatic heterocycles. The minimum atomic E-state index is -0.864. The van der Waals surface area contributed by atoms with E-state index < -0.39 is 6.09 Å². The van der Waals surface area contributed by atoms with Gasteiger partial charge in [-0.2, -0.15) is 0 Å². The lowest BCUT2D eigenvalue weighted by Crippen LogP contribution is -2.49. The van der Waals surface area contributed by atoms with E-state index >= 15 is 0 Å². The number of nitrogens with one attached hydrogen (secondary N) is 1. The third-order valence-corrected chi connectivity index (χ3v) is 3.72. The Morgan fingerprint density at radius 3 is 2.80 bits per heavy atom. The maximum atomic E-state index is 11.4. The molecular weight excluding hydrogens is 256 g/mol. The van der Waals surface area contributed by atoms with Crippen LogP contribution in [0.4, 0.5) is 16.2 Å². The van der Waals surface area contributed by atoms with Gasteiger partial charge < -0.3 is 21.1 Å². The fraction of sp³-hybridized carbons (Fsp3) is 0.571. The Labute approximate surface area is 119 Å².